The summed E-state index contributed by atoms with van der Waals surface area (Å²) in [6.45, 7) is 7.95. The zero-order chi connectivity index (χ0) is 23.7. The van der Waals surface area contributed by atoms with Crippen LogP contribution in [0.25, 0.3) is 21.6 Å². The number of aliphatic hydroxyl groups is 1. The van der Waals surface area contributed by atoms with Crippen molar-refractivity contribution in [1.82, 2.24) is 29.7 Å². The maximum Gasteiger partial charge on any atom is 0.251 e. The number of piperazine rings is 1. The molecule has 180 valence electrons. The molecule has 1 atom stereocenters. The van der Waals surface area contributed by atoms with Gasteiger partial charge in [0.05, 0.1) is 29.0 Å². The molecular weight excluding hydrogens is 456 g/mol. The van der Waals surface area contributed by atoms with Gasteiger partial charge in [0.1, 0.15) is 6.10 Å². The first kappa shape index (κ1) is 22.8. The second-order valence-electron chi connectivity index (χ2n) is 8.50. The quantitative estimate of drug-likeness (QED) is 0.530. The van der Waals surface area contributed by atoms with Gasteiger partial charge in [-0.15, -0.1) is 11.3 Å². The zero-order valence-corrected chi connectivity index (χ0v) is 19.9. The lowest BCUT2D eigenvalue weighted by Crippen LogP contribution is -2.50. The van der Waals surface area contributed by atoms with Gasteiger partial charge in [-0.2, -0.15) is 0 Å². The minimum atomic E-state index is -0.952. The molecule has 0 saturated carbocycles. The number of carbonyl (C=O) groups is 1. The van der Waals surface area contributed by atoms with E-state index in [4.69, 9.17) is 20.4 Å². The second kappa shape index (κ2) is 9.74. The maximum absolute atomic E-state index is 12.1. The van der Waals surface area contributed by atoms with E-state index < -0.39 is 6.10 Å². The lowest BCUT2D eigenvalue weighted by atomic mass is 10.2. The number of fused-ring (bicyclic) bond motifs is 1. The van der Waals surface area contributed by atoms with E-state index in [2.05, 4.69) is 25.8 Å². The molecule has 1 amide bonds. The van der Waals surface area contributed by atoms with Gasteiger partial charge in [0.25, 0.3) is 5.91 Å². The minimum Gasteiger partial charge on any atom is -0.384 e. The number of carbonyl (C=O) groups excluding carboxylic acids is 1. The van der Waals surface area contributed by atoms with Crippen LogP contribution in [0.4, 0.5) is 11.8 Å². The van der Waals surface area contributed by atoms with Gasteiger partial charge in [0, 0.05) is 63.1 Å². The first-order valence-corrected chi connectivity index (χ1v) is 12.2. The molecule has 0 radical (unpaired) electrons. The van der Waals surface area contributed by atoms with Gasteiger partial charge >= 0.3 is 0 Å². The SMILES string of the molecule is C[C@@H](O)C(=O)N1CCN(Cc2cc3nc(-c4cnc(N)nc4)nc(N4CCOCC4)c3s2)CC1. The topological polar surface area (TPSA) is 134 Å². The number of aromatic nitrogens is 4. The molecule has 3 aromatic rings. The number of aliphatic hydroxyl groups excluding tert-OH is 1. The first-order valence-electron chi connectivity index (χ1n) is 11.4. The summed E-state index contributed by atoms with van der Waals surface area (Å²) in [6, 6.07) is 2.13. The molecule has 3 N–H and O–H groups in total. The van der Waals surface area contributed by atoms with Gasteiger partial charge in [-0.05, 0) is 13.0 Å². The average Bonchev–Trinajstić information content (AvgIpc) is 3.26. The molecule has 11 nitrogen and oxygen atoms in total. The van der Waals surface area contributed by atoms with Crippen LogP contribution in [0.15, 0.2) is 18.5 Å². The molecule has 0 aliphatic carbocycles. The van der Waals surface area contributed by atoms with Gasteiger partial charge < -0.3 is 25.4 Å². The Morgan fingerprint density at radius 2 is 1.85 bits per heavy atom. The second-order valence-corrected chi connectivity index (χ2v) is 9.64. The smallest absolute Gasteiger partial charge is 0.251 e. The summed E-state index contributed by atoms with van der Waals surface area (Å²) in [6.07, 6.45) is 2.34. The van der Waals surface area contributed by atoms with Gasteiger partial charge in [0.15, 0.2) is 11.6 Å². The third-order valence-electron chi connectivity index (χ3n) is 6.07. The molecule has 0 spiro atoms. The predicted octanol–water partition coefficient (Wildman–Crippen LogP) is 0.592. The van der Waals surface area contributed by atoms with Crippen LogP contribution in [0.1, 0.15) is 11.8 Å². The van der Waals surface area contributed by atoms with Crippen LogP contribution in [0.3, 0.4) is 0 Å². The molecule has 2 saturated heterocycles. The van der Waals surface area contributed by atoms with Crippen LogP contribution >= 0.6 is 11.3 Å². The number of morpholine rings is 1. The highest BCUT2D eigenvalue weighted by atomic mass is 32.1. The Bertz CT molecular complexity index is 1150. The summed E-state index contributed by atoms with van der Waals surface area (Å²) in [5, 5.41) is 9.56. The predicted molar refractivity (Wildman–Crippen MR) is 129 cm³/mol. The average molecular weight is 485 g/mol. The van der Waals surface area contributed by atoms with E-state index in [-0.39, 0.29) is 11.9 Å². The Labute approximate surface area is 201 Å². The highest BCUT2D eigenvalue weighted by Crippen LogP contribution is 2.35. The molecule has 2 fully saturated rings. The van der Waals surface area contributed by atoms with Crippen LogP contribution in [0.5, 0.6) is 0 Å². The largest absolute Gasteiger partial charge is 0.384 e. The molecule has 2 aliphatic rings. The standard InChI is InChI=1S/C22H28N8O3S/c1-14(31)21(32)30-4-2-28(3-5-30)13-16-10-17-18(34-16)20(29-6-8-33-9-7-29)27-19(26-17)15-11-24-22(23)25-12-15/h10-12,14,31H,2-9,13H2,1H3,(H2,23,24,25)/t14-/m1/s1. The van der Waals surface area contributed by atoms with Crippen molar-refractivity contribution < 1.29 is 14.6 Å². The number of ether oxygens (including phenoxy) is 1. The van der Waals surface area contributed by atoms with Gasteiger partial charge in [-0.1, -0.05) is 0 Å². The first-order chi connectivity index (χ1) is 16.5. The third-order valence-corrected chi connectivity index (χ3v) is 7.17. The maximum atomic E-state index is 12.1. The van der Waals surface area contributed by atoms with E-state index in [1.165, 1.54) is 11.8 Å². The zero-order valence-electron chi connectivity index (χ0n) is 19.1. The summed E-state index contributed by atoms with van der Waals surface area (Å²) < 4.78 is 6.60. The van der Waals surface area contributed by atoms with Crippen molar-refractivity contribution in [2.24, 2.45) is 0 Å². The van der Waals surface area contributed by atoms with Crippen LogP contribution in [-0.4, -0.2) is 99.3 Å². The van der Waals surface area contributed by atoms with E-state index in [0.29, 0.717) is 32.1 Å². The van der Waals surface area contributed by atoms with Crippen molar-refractivity contribution in [2.45, 2.75) is 19.6 Å². The molecule has 0 bridgehead atoms. The third kappa shape index (κ3) is 4.80. The number of nitrogen functional groups attached to an aromatic ring is 1. The number of rotatable bonds is 5. The fraction of sp³-hybridized carbons (Fsp3) is 0.500. The lowest BCUT2D eigenvalue weighted by molar-refractivity contribution is -0.141. The number of anilines is 2. The molecule has 0 unspecified atom stereocenters. The van der Waals surface area contributed by atoms with Gasteiger partial charge in [-0.25, -0.2) is 19.9 Å². The fourth-order valence-electron chi connectivity index (χ4n) is 4.23. The molecule has 34 heavy (non-hydrogen) atoms. The molecule has 2 aliphatic heterocycles. The summed E-state index contributed by atoms with van der Waals surface area (Å²) in [5.74, 6) is 1.49. The van der Waals surface area contributed by atoms with Crippen LogP contribution in [0, 0.1) is 0 Å². The van der Waals surface area contributed by atoms with Crippen LogP contribution in [-0.2, 0) is 16.1 Å². The molecule has 12 heteroatoms. The Kier molecular flexibility index (Phi) is 6.55. The van der Waals surface area contributed by atoms with Crippen molar-refractivity contribution >= 4 is 39.2 Å². The van der Waals surface area contributed by atoms with E-state index in [1.807, 2.05) is 0 Å². The molecular formula is C22H28N8O3S. The monoisotopic (exact) mass is 484 g/mol. The van der Waals surface area contributed by atoms with E-state index >= 15 is 0 Å². The van der Waals surface area contributed by atoms with Gasteiger partial charge in [-0.3, -0.25) is 9.69 Å². The number of thiophene rings is 1. The number of amides is 1. The van der Waals surface area contributed by atoms with Crippen molar-refractivity contribution in [3.8, 4) is 11.4 Å². The van der Waals surface area contributed by atoms with E-state index in [1.54, 1.807) is 28.6 Å². The van der Waals surface area contributed by atoms with Crippen LogP contribution < -0.4 is 10.6 Å². The number of nitrogens with zero attached hydrogens (tertiary/aromatic N) is 7. The normalized spacial score (nSPS) is 18.4. The van der Waals surface area contributed by atoms with Crippen LogP contribution in [0.2, 0.25) is 0 Å². The minimum absolute atomic E-state index is 0.203. The molecule has 3 aromatic heterocycles. The number of hydrogen-bond donors (Lipinski definition) is 2. The Hall–Kier alpha value is -2.93. The number of nitrogens with two attached hydrogens (primary N) is 1. The molecule has 5 heterocycles. The Morgan fingerprint density at radius 3 is 2.53 bits per heavy atom. The lowest BCUT2D eigenvalue weighted by Gasteiger charge is -2.35. The summed E-state index contributed by atoms with van der Waals surface area (Å²) >= 11 is 1.71. The van der Waals surface area contributed by atoms with Crippen molar-refractivity contribution in [3.05, 3.63) is 23.3 Å². The van der Waals surface area contributed by atoms with Crippen molar-refractivity contribution in [1.29, 1.82) is 0 Å². The number of hydrogen-bond acceptors (Lipinski definition) is 11. The van der Waals surface area contributed by atoms with Gasteiger partial charge in [0.2, 0.25) is 5.95 Å². The van der Waals surface area contributed by atoms with E-state index in [9.17, 15) is 9.90 Å². The summed E-state index contributed by atoms with van der Waals surface area (Å²) in [7, 11) is 0. The summed E-state index contributed by atoms with van der Waals surface area (Å²) in [4.78, 5) is 37.5. The molecule has 5 rings (SSSR count). The van der Waals surface area contributed by atoms with Crippen molar-refractivity contribution in [3.63, 3.8) is 0 Å². The highest BCUT2D eigenvalue weighted by molar-refractivity contribution is 7.19. The highest BCUT2D eigenvalue weighted by Gasteiger charge is 2.25. The van der Waals surface area contributed by atoms with E-state index in [0.717, 1.165) is 54.3 Å². The van der Waals surface area contributed by atoms with Crippen molar-refractivity contribution in [2.75, 3.05) is 63.1 Å². The fourth-order valence-corrected chi connectivity index (χ4v) is 5.38. The Morgan fingerprint density at radius 1 is 1.15 bits per heavy atom. The molecule has 0 aromatic carbocycles. The Balaban J connectivity index is 1.41. The summed E-state index contributed by atoms with van der Waals surface area (Å²) in [5.41, 5.74) is 7.27.